The number of rotatable bonds is 2. The Morgan fingerprint density at radius 2 is 2.00 bits per heavy atom. The van der Waals surface area contributed by atoms with Gasteiger partial charge in [0.05, 0.1) is 0 Å². The maximum Gasteiger partial charge on any atom is 0.163 e. The van der Waals surface area contributed by atoms with Gasteiger partial charge in [0.1, 0.15) is 11.9 Å². The topological polar surface area (TPSA) is 38.3 Å². The largest absolute Gasteiger partial charge is 0.490 e. The second kappa shape index (κ2) is 5.11. The van der Waals surface area contributed by atoms with Gasteiger partial charge >= 0.3 is 0 Å². The van der Waals surface area contributed by atoms with Crippen LogP contribution < -0.4 is 10.1 Å². The smallest absolute Gasteiger partial charge is 0.163 e. The number of piperidine rings is 1. The third kappa shape index (κ3) is 2.41. The van der Waals surface area contributed by atoms with Gasteiger partial charge < -0.3 is 10.1 Å². The summed E-state index contributed by atoms with van der Waals surface area (Å²) in [5.74, 6) is 1.13. The van der Waals surface area contributed by atoms with Crippen molar-refractivity contribution in [3.05, 3.63) is 29.3 Å². The van der Waals surface area contributed by atoms with E-state index in [1.54, 1.807) is 0 Å². The summed E-state index contributed by atoms with van der Waals surface area (Å²) in [6.45, 7) is 2.04. The van der Waals surface area contributed by atoms with Crippen LogP contribution in [0.15, 0.2) is 18.2 Å². The molecule has 3 heteroatoms. The SMILES string of the molecule is O=C1CCCc2ccc(OC3CCNCC3)cc21. The molecular weight excluding hydrogens is 226 g/mol. The van der Waals surface area contributed by atoms with Gasteiger partial charge in [0, 0.05) is 12.0 Å². The molecule has 2 aliphatic rings. The van der Waals surface area contributed by atoms with E-state index in [1.165, 1.54) is 5.56 Å². The molecule has 1 aromatic carbocycles. The molecule has 1 saturated heterocycles. The molecule has 0 atom stereocenters. The molecule has 1 N–H and O–H groups in total. The Hall–Kier alpha value is -1.35. The highest BCUT2D eigenvalue weighted by Gasteiger charge is 2.19. The number of hydrogen-bond acceptors (Lipinski definition) is 3. The minimum absolute atomic E-state index is 0.270. The van der Waals surface area contributed by atoms with Crippen molar-refractivity contribution in [2.45, 2.75) is 38.2 Å². The summed E-state index contributed by atoms with van der Waals surface area (Å²) < 4.78 is 5.98. The van der Waals surface area contributed by atoms with Crippen molar-refractivity contribution < 1.29 is 9.53 Å². The van der Waals surface area contributed by atoms with Crippen molar-refractivity contribution in [1.29, 1.82) is 0 Å². The number of Topliss-reactive ketones (excluding diaryl/α,β-unsaturated/α-hetero) is 1. The van der Waals surface area contributed by atoms with Crippen molar-refractivity contribution >= 4 is 5.78 Å². The Balaban J connectivity index is 1.76. The maximum absolute atomic E-state index is 11.9. The first-order valence-electron chi connectivity index (χ1n) is 6.86. The Labute approximate surface area is 108 Å². The molecule has 3 rings (SSSR count). The highest BCUT2D eigenvalue weighted by molar-refractivity contribution is 5.98. The molecule has 0 radical (unpaired) electrons. The van der Waals surface area contributed by atoms with Crippen LogP contribution in [0.5, 0.6) is 5.75 Å². The summed E-state index contributed by atoms with van der Waals surface area (Å²) in [6.07, 6.45) is 5.08. The molecule has 0 unspecified atom stereocenters. The van der Waals surface area contributed by atoms with Crippen molar-refractivity contribution in [2.24, 2.45) is 0 Å². The number of fused-ring (bicyclic) bond motifs is 1. The number of carbonyl (C=O) groups is 1. The fourth-order valence-corrected chi connectivity index (χ4v) is 2.79. The van der Waals surface area contributed by atoms with Crippen LogP contribution in [-0.2, 0) is 6.42 Å². The fourth-order valence-electron chi connectivity index (χ4n) is 2.79. The fraction of sp³-hybridized carbons (Fsp3) is 0.533. The summed E-state index contributed by atoms with van der Waals surface area (Å²) in [7, 11) is 0. The number of nitrogens with one attached hydrogen (secondary N) is 1. The summed E-state index contributed by atoms with van der Waals surface area (Å²) in [6, 6.07) is 6.02. The normalized spacial score (nSPS) is 20.6. The van der Waals surface area contributed by atoms with Crippen molar-refractivity contribution in [2.75, 3.05) is 13.1 Å². The molecule has 0 bridgehead atoms. The van der Waals surface area contributed by atoms with E-state index in [2.05, 4.69) is 11.4 Å². The second-order valence-electron chi connectivity index (χ2n) is 5.16. The molecule has 0 spiro atoms. The van der Waals surface area contributed by atoms with E-state index in [1.807, 2.05) is 12.1 Å². The van der Waals surface area contributed by atoms with E-state index in [4.69, 9.17) is 4.74 Å². The minimum atomic E-state index is 0.270. The number of ketones is 1. The molecule has 1 fully saturated rings. The van der Waals surface area contributed by atoms with Crippen LogP contribution in [0.3, 0.4) is 0 Å². The Morgan fingerprint density at radius 3 is 2.83 bits per heavy atom. The van der Waals surface area contributed by atoms with E-state index in [9.17, 15) is 4.79 Å². The van der Waals surface area contributed by atoms with Crippen LogP contribution in [-0.4, -0.2) is 25.0 Å². The molecule has 0 aromatic heterocycles. The average molecular weight is 245 g/mol. The quantitative estimate of drug-likeness (QED) is 0.869. The highest BCUT2D eigenvalue weighted by atomic mass is 16.5. The van der Waals surface area contributed by atoms with E-state index >= 15 is 0 Å². The Bertz CT molecular complexity index is 450. The molecule has 0 amide bonds. The van der Waals surface area contributed by atoms with Gasteiger partial charge in [-0.2, -0.15) is 0 Å². The van der Waals surface area contributed by atoms with Crippen molar-refractivity contribution in [3.8, 4) is 5.75 Å². The third-order valence-corrected chi connectivity index (χ3v) is 3.82. The molecule has 1 aliphatic carbocycles. The monoisotopic (exact) mass is 245 g/mol. The van der Waals surface area contributed by atoms with Gasteiger partial charge in [0.15, 0.2) is 5.78 Å². The molecule has 3 nitrogen and oxygen atoms in total. The lowest BCUT2D eigenvalue weighted by molar-refractivity contribution is 0.0971. The average Bonchev–Trinajstić information content (AvgIpc) is 2.41. The summed E-state index contributed by atoms with van der Waals surface area (Å²) in [5.41, 5.74) is 2.07. The van der Waals surface area contributed by atoms with E-state index < -0.39 is 0 Å². The van der Waals surface area contributed by atoms with Crippen LogP contribution in [0, 0.1) is 0 Å². The number of carbonyl (C=O) groups excluding carboxylic acids is 1. The van der Waals surface area contributed by atoms with Crippen LogP contribution in [0.4, 0.5) is 0 Å². The zero-order valence-electron chi connectivity index (χ0n) is 10.6. The number of aryl methyl sites for hydroxylation is 1. The van der Waals surface area contributed by atoms with Gasteiger partial charge in [-0.1, -0.05) is 6.07 Å². The first-order valence-corrected chi connectivity index (χ1v) is 6.86. The molecule has 1 aromatic rings. The van der Waals surface area contributed by atoms with Crippen LogP contribution in [0.25, 0.3) is 0 Å². The maximum atomic E-state index is 11.9. The Morgan fingerprint density at radius 1 is 1.17 bits per heavy atom. The number of benzene rings is 1. The van der Waals surface area contributed by atoms with Gasteiger partial charge in [-0.25, -0.2) is 0 Å². The van der Waals surface area contributed by atoms with E-state index in [0.29, 0.717) is 12.5 Å². The molecular formula is C15H19NO2. The molecule has 1 aliphatic heterocycles. The summed E-state index contributed by atoms with van der Waals surface area (Å²) in [4.78, 5) is 11.9. The van der Waals surface area contributed by atoms with Crippen LogP contribution in [0.2, 0.25) is 0 Å². The third-order valence-electron chi connectivity index (χ3n) is 3.82. The second-order valence-corrected chi connectivity index (χ2v) is 5.16. The standard InChI is InChI=1S/C15H19NO2/c17-15-3-1-2-11-4-5-13(10-14(11)15)18-12-6-8-16-9-7-12/h4-5,10,12,16H,1-3,6-9H2. The van der Waals surface area contributed by atoms with Gasteiger partial charge in [-0.3, -0.25) is 4.79 Å². The predicted octanol–water partition coefficient (Wildman–Crippen LogP) is 2.34. The molecule has 18 heavy (non-hydrogen) atoms. The number of ether oxygens (including phenoxy) is 1. The van der Waals surface area contributed by atoms with Gasteiger partial charge in [0.2, 0.25) is 0 Å². The zero-order chi connectivity index (χ0) is 12.4. The lowest BCUT2D eigenvalue weighted by atomic mass is 9.90. The molecule has 0 saturated carbocycles. The minimum Gasteiger partial charge on any atom is -0.490 e. The van der Waals surface area contributed by atoms with Crippen molar-refractivity contribution in [1.82, 2.24) is 5.32 Å². The lowest BCUT2D eigenvalue weighted by Gasteiger charge is -2.24. The predicted molar refractivity (Wildman–Crippen MR) is 70.2 cm³/mol. The van der Waals surface area contributed by atoms with Gasteiger partial charge in [0.25, 0.3) is 0 Å². The summed E-state index contributed by atoms with van der Waals surface area (Å²) >= 11 is 0. The van der Waals surface area contributed by atoms with Crippen LogP contribution in [0.1, 0.15) is 41.6 Å². The number of hydrogen-bond donors (Lipinski definition) is 1. The van der Waals surface area contributed by atoms with E-state index in [0.717, 1.165) is 50.1 Å². The van der Waals surface area contributed by atoms with Gasteiger partial charge in [-0.15, -0.1) is 0 Å². The summed E-state index contributed by atoms with van der Waals surface area (Å²) in [5, 5.41) is 3.32. The van der Waals surface area contributed by atoms with E-state index in [-0.39, 0.29) is 5.78 Å². The first-order chi connectivity index (χ1) is 8.83. The van der Waals surface area contributed by atoms with Crippen molar-refractivity contribution in [3.63, 3.8) is 0 Å². The molecule has 1 heterocycles. The lowest BCUT2D eigenvalue weighted by Crippen LogP contribution is -2.34. The molecule has 96 valence electrons. The van der Waals surface area contributed by atoms with Gasteiger partial charge in [-0.05, 0) is 56.5 Å². The first kappa shape index (κ1) is 11.7. The zero-order valence-corrected chi connectivity index (χ0v) is 10.6. The Kier molecular flexibility index (Phi) is 3.33. The highest BCUT2D eigenvalue weighted by Crippen LogP contribution is 2.26. The van der Waals surface area contributed by atoms with Crippen LogP contribution >= 0.6 is 0 Å².